The predicted molar refractivity (Wildman–Crippen MR) is 53.2 cm³/mol. The Kier molecular flexibility index (Phi) is 1.81. The van der Waals surface area contributed by atoms with E-state index in [0.29, 0.717) is 5.52 Å². The molecule has 0 spiro atoms. The Hall–Kier alpha value is -1.77. The van der Waals surface area contributed by atoms with E-state index in [4.69, 9.17) is 0 Å². The summed E-state index contributed by atoms with van der Waals surface area (Å²) < 4.78 is 1.79. The first-order valence-electron chi connectivity index (χ1n) is 4.41. The summed E-state index contributed by atoms with van der Waals surface area (Å²) >= 11 is 0. The Balaban J connectivity index is 3.01. The molecule has 0 atom stereocenters. The van der Waals surface area contributed by atoms with Crippen molar-refractivity contribution in [2.24, 2.45) is 7.05 Å². The topological polar surface area (TPSA) is 44.3 Å². The van der Waals surface area contributed by atoms with E-state index in [2.05, 4.69) is 0 Å². The van der Waals surface area contributed by atoms with Crippen LogP contribution in [-0.2, 0) is 7.05 Å². The lowest BCUT2D eigenvalue weighted by atomic mass is 10.1. The molecule has 2 aromatic rings. The van der Waals surface area contributed by atoms with Crippen LogP contribution in [0, 0.1) is 6.92 Å². The highest BCUT2D eigenvalue weighted by Crippen LogP contribution is 2.31. The summed E-state index contributed by atoms with van der Waals surface area (Å²) in [5, 5.41) is 20.0. The van der Waals surface area contributed by atoms with Crippen molar-refractivity contribution >= 4 is 10.9 Å². The molecule has 72 valence electrons. The zero-order valence-electron chi connectivity index (χ0n) is 8.15. The first kappa shape index (κ1) is 8.81. The van der Waals surface area contributed by atoms with E-state index in [0.717, 1.165) is 10.9 Å². The molecule has 0 aliphatic heterocycles. The molecule has 2 rings (SSSR count). The fraction of sp³-hybridized carbons (Fsp3) is 0.182. The van der Waals surface area contributed by atoms with Gasteiger partial charge in [-0.1, -0.05) is 0 Å². The van der Waals surface area contributed by atoms with Gasteiger partial charge in [0, 0.05) is 6.07 Å². The fourth-order valence-corrected chi connectivity index (χ4v) is 1.63. The molecule has 0 unspecified atom stereocenters. The van der Waals surface area contributed by atoms with Crippen LogP contribution in [0.1, 0.15) is 5.56 Å². The van der Waals surface area contributed by atoms with E-state index >= 15 is 0 Å². The van der Waals surface area contributed by atoms with Crippen LogP contribution >= 0.6 is 0 Å². The number of aromatic nitrogens is 1. The lowest BCUT2D eigenvalue weighted by Gasteiger charge is -2.03. The molecule has 2 N–H and O–H groups in total. The average Bonchev–Trinajstić information content (AvgIpc) is 2.16. The molecule has 1 aromatic carbocycles. The first-order chi connectivity index (χ1) is 6.61. The molecule has 0 saturated carbocycles. The van der Waals surface area contributed by atoms with Crippen molar-refractivity contribution in [3.05, 3.63) is 30.0 Å². The molecule has 1 aromatic heterocycles. The van der Waals surface area contributed by atoms with Gasteiger partial charge in [-0.2, -0.15) is 4.57 Å². The number of aryl methyl sites for hydroxylation is 2. The zero-order valence-corrected chi connectivity index (χ0v) is 8.15. The van der Waals surface area contributed by atoms with E-state index < -0.39 is 0 Å². The van der Waals surface area contributed by atoms with Gasteiger partial charge in [0.1, 0.15) is 7.05 Å². The minimum Gasteiger partial charge on any atom is -0.504 e. The lowest BCUT2D eigenvalue weighted by molar-refractivity contribution is -0.645. The number of pyridine rings is 1. The minimum atomic E-state index is -0.0845. The normalized spacial score (nSPS) is 10.7. The van der Waals surface area contributed by atoms with Gasteiger partial charge in [-0.15, -0.1) is 0 Å². The maximum atomic E-state index is 9.69. The van der Waals surface area contributed by atoms with Gasteiger partial charge in [0.2, 0.25) is 5.75 Å². The van der Waals surface area contributed by atoms with Crippen molar-refractivity contribution in [1.29, 1.82) is 0 Å². The average molecular weight is 190 g/mol. The van der Waals surface area contributed by atoms with Crippen LogP contribution in [0.25, 0.3) is 10.9 Å². The lowest BCUT2D eigenvalue weighted by Crippen LogP contribution is -2.28. The van der Waals surface area contributed by atoms with Crippen molar-refractivity contribution in [3.63, 3.8) is 0 Å². The van der Waals surface area contributed by atoms with Crippen molar-refractivity contribution < 1.29 is 14.8 Å². The number of hydrogen-bond acceptors (Lipinski definition) is 2. The number of hydrogen-bond donors (Lipinski definition) is 2. The Labute approximate surface area is 81.9 Å². The molecule has 0 saturated heterocycles. The van der Waals surface area contributed by atoms with E-state index in [-0.39, 0.29) is 11.5 Å². The number of rotatable bonds is 0. The second-order valence-electron chi connectivity index (χ2n) is 3.44. The van der Waals surface area contributed by atoms with Crippen molar-refractivity contribution in [3.8, 4) is 11.5 Å². The van der Waals surface area contributed by atoms with Crippen LogP contribution in [-0.4, -0.2) is 10.2 Å². The van der Waals surface area contributed by atoms with Gasteiger partial charge in [-0.3, -0.25) is 0 Å². The molecule has 0 radical (unpaired) electrons. The maximum absolute atomic E-state index is 9.69. The van der Waals surface area contributed by atoms with Crippen LogP contribution in [0.15, 0.2) is 24.4 Å². The van der Waals surface area contributed by atoms with Crippen LogP contribution in [0.2, 0.25) is 0 Å². The van der Waals surface area contributed by atoms with E-state index in [1.165, 1.54) is 6.07 Å². The van der Waals surface area contributed by atoms with Gasteiger partial charge in [0.15, 0.2) is 11.9 Å². The summed E-state index contributed by atoms with van der Waals surface area (Å²) in [7, 11) is 1.83. The standard InChI is InChI=1S/C11H11NO2/c1-7-5-6-12(2)10-8(7)3-4-9(13)11(10)14/h3-6,14H,1-2H3/p+1. The molecule has 14 heavy (non-hydrogen) atoms. The van der Waals surface area contributed by atoms with Gasteiger partial charge in [0.05, 0.1) is 5.39 Å². The molecule has 3 nitrogen and oxygen atoms in total. The third kappa shape index (κ3) is 1.09. The highest BCUT2D eigenvalue weighted by atomic mass is 16.3. The number of nitrogens with zero attached hydrogens (tertiary/aromatic N) is 1. The van der Waals surface area contributed by atoms with Crippen LogP contribution < -0.4 is 4.57 Å². The smallest absolute Gasteiger partial charge is 0.258 e. The summed E-state index contributed by atoms with van der Waals surface area (Å²) in [6.07, 6.45) is 1.86. The monoisotopic (exact) mass is 190 g/mol. The number of phenolic OH excluding ortho intramolecular Hbond substituents is 2. The largest absolute Gasteiger partial charge is 0.504 e. The van der Waals surface area contributed by atoms with Crippen LogP contribution in [0.3, 0.4) is 0 Å². The number of fused-ring (bicyclic) bond motifs is 1. The molecule has 0 bridgehead atoms. The molecule has 1 heterocycles. The molecule has 0 amide bonds. The number of aromatic hydroxyl groups is 2. The summed E-state index contributed by atoms with van der Waals surface area (Å²) in [6.45, 7) is 1.97. The van der Waals surface area contributed by atoms with Crippen molar-refractivity contribution in [1.82, 2.24) is 0 Å². The van der Waals surface area contributed by atoms with E-state index in [1.807, 2.05) is 26.2 Å². The molecular formula is C11H12NO2+. The van der Waals surface area contributed by atoms with Crippen molar-refractivity contribution in [2.75, 3.05) is 0 Å². The summed E-state index contributed by atoms with van der Waals surface area (Å²) in [4.78, 5) is 0. The molecular weight excluding hydrogens is 178 g/mol. The molecule has 0 fully saturated rings. The SMILES string of the molecule is Cc1cc[n+](C)c2c(O)c(O)ccc12. The Morgan fingerprint density at radius 2 is 1.86 bits per heavy atom. The van der Waals surface area contributed by atoms with Crippen LogP contribution in [0.5, 0.6) is 11.5 Å². The fourth-order valence-electron chi connectivity index (χ4n) is 1.63. The molecule has 3 heteroatoms. The highest BCUT2D eigenvalue weighted by Gasteiger charge is 2.15. The van der Waals surface area contributed by atoms with Gasteiger partial charge in [0.25, 0.3) is 5.52 Å². The predicted octanol–water partition coefficient (Wildman–Crippen LogP) is 1.38. The first-order valence-corrected chi connectivity index (χ1v) is 4.41. The molecule has 0 aliphatic rings. The summed E-state index contributed by atoms with van der Waals surface area (Å²) in [5.74, 6) is -0.146. The second-order valence-corrected chi connectivity index (χ2v) is 3.44. The van der Waals surface area contributed by atoms with E-state index in [1.54, 1.807) is 10.6 Å². The van der Waals surface area contributed by atoms with Crippen molar-refractivity contribution in [2.45, 2.75) is 6.92 Å². The number of benzene rings is 1. The Bertz CT molecular complexity index is 506. The van der Waals surface area contributed by atoms with Gasteiger partial charge < -0.3 is 10.2 Å². The summed E-state index contributed by atoms with van der Waals surface area (Å²) in [6, 6.07) is 5.28. The third-order valence-corrected chi connectivity index (χ3v) is 2.46. The van der Waals surface area contributed by atoms with Gasteiger partial charge in [-0.25, -0.2) is 0 Å². The number of phenols is 2. The van der Waals surface area contributed by atoms with Gasteiger partial charge >= 0.3 is 0 Å². The Morgan fingerprint density at radius 3 is 2.57 bits per heavy atom. The maximum Gasteiger partial charge on any atom is 0.258 e. The Morgan fingerprint density at radius 1 is 1.14 bits per heavy atom. The molecule has 0 aliphatic carbocycles. The zero-order chi connectivity index (χ0) is 10.3. The van der Waals surface area contributed by atoms with E-state index in [9.17, 15) is 10.2 Å². The third-order valence-electron chi connectivity index (χ3n) is 2.46. The second kappa shape index (κ2) is 2.87. The quantitative estimate of drug-likeness (QED) is 0.487. The minimum absolute atomic E-state index is 0.0614. The van der Waals surface area contributed by atoms with Gasteiger partial charge in [-0.05, 0) is 24.6 Å². The highest BCUT2D eigenvalue weighted by molar-refractivity contribution is 5.86. The van der Waals surface area contributed by atoms with Crippen LogP contribution in [0.4, 0.5) is 0 Å². The summed E-state index contributed by atoms with van der Waals surface area (Å²) in [5.41, 5.74) is 1.73.